The fraction of sp³-hybridized carbons (Fsp3) is 0.176. The lowest BCUT2D eigenvalue weighted by Crippen LogP contribution is -2.27. The minimum absolute atomic E-state index is 0.284. The van der Waals surface area contributed by atoms with Gasteiger partial charge in [-0.2, -0.15) is 0 Å². The Bertz CT molecular complexity index is 745. The predicted molar refractivity (Wildman–Crippen MR) is 91.6 cm³/mol. The topological polar surface area (TPSA) is 39.9 Å². The molecule has 3 nitrogen and oxygen atoms in total. The van der Waals surface area contributed by atoms with Crippen molar-refractivity contribution in [3.63, 3.8) is 0 Å². The molecule has 106 valence electrons. The van der Waals surface area contributed by atoms with Gasteiger partial charge in [-0.1, -0.05) is 48.5 Å². The minimum atomic E-state index is 0.284. The molecule has 0 aliphatic carbocycles. The van der Waals surface area contributed by atoms with Gasteiger partial charge in [-0.05, 0) is 6.07 Å². The van der Waals surface area contributed by atoms with Crippen LogP contribution in [0.15, 0.2) is 54.6 Å². The highest BCUT2D eigenvalue weighted by atomic mass is 32.2. The lowest BCUT2D eigenvalue weighted by atomic mass is 10.1. The molecule has 2 heterocycles. The molecule has 1 aliphatic heterocycles. The van der Waals surface area contributed by atoms with E-state index in [9.17, 15) is 0 Å². The fourth-order valence-electron chi connectivity index (χ4n) is 2.76. The van der Waals surface area contributed by atoms with Crippen LogP contribution >= 0.6 is 11.8 Å². The van der Waals surface area contributed by atoms with Crippen LogP contribution in [0, 0.1) is 0 Å². The second-order valence-corrected chi connectivity index (χ2v) is 6.35. The third kappa shape index (κ3) is 2.41. The highest BCUT2D eigenvalue weighted by Gasteiger charge is 2.19. The summed E-state index contributed by atoms with van der Waals surface area (Å²) in [6, 6.07) is 18.9. The molecule has 0 spiro atoms. The summed E-state index contributed by atoms with van der Waals surface area (Å²) in [7, 11) is 0. The molecular weight excluding hydrogens is 278 g/mol. The molecule has 4 rings (SSSR count). The SMILES string of the molecule is c1ccc(-c2[nH]c3ccccc3c2NC2NCCS2)cc1. The summed E-state index contributed by atoms with van der Waals surface area (Å²) in [6.45, 7) is 1.06. The van der Waals surface area contributed by atoms with Crippen LogP contribution in [0.1, 0.15) is 0 Å². The summed E-state index contributed by atoms with van der Waals surface area (Å²) in [6.07, 6.45) is 0. The van der Waals surface area contributed by atoms with Gasteiger partial charge in [-0.15, -0.1) is 11.8 Å². The summed E-state index contributed by atoms with van der Waals surface area (Å²) in [5.74, 6) is 1.15. The summed E-state index contributed by atoms with van der Waals surface area (Å²) in [5.41, 5.74) is 5.00. The highest BCUT2D eigenvalue weighted by Crippen LogP contribution is 2.36. The molecule has 0 radical (unpaired) electrons. The summed E-state index contributed by atoms with van der Waals surface area (Å²) in [4.78, 5) is 3.55. The quantitative estimate of drug-likeness (QED) is 0.687. The molecule has 4 heteroatoms. The van der Waals surface area contributed by atoms with Gasteiger partial charge in [0.25, 0.3) is 0 Å². The molecule has 3 aromatic rings. The summed E-state index contributed by atoms with van der Waals surface area (Å²) < 4.78 is 0. The average molecular weight is 295 g/mol. The fourth-order valence-corrected chi connectivity index (χ4v) is 3.67. The monoisotopic (exact) mass is 295 g/mol. The zero-order chi connectivity index (χ0) is 14.1. The molecule has 21 heavy (non-hydrogen) atoms. The largest absolute Gasteiger partial charge is 0.359 e. The number of H-pyrrole nitrogens is 1. The Kier molecular flexibility index (Phi) is 3.33. The molecule has 1 atom stereocenters. The zero-order valence-corrected chi connectivity index (χ0v) is 12.4. The first-order valence-corrected chi connectivity index (χ1v) is 8.24. The number of nitrogens with one attached hydrogen (secondary N) is 3. The van der Waals surface area contributed by atoms with E-state index in [4.69, 9.17) is 0 Å². The van der Waals surface area contributed by atoms with Crippen LogP contribution in [0.4, 0.5) is 5.69 Å². The van der Waals surface area contributed by atoms with E-state index in [1.807, 2.05) is 17.8 Å². The van der Waals surface area contributed by atoms with Crippen molar-refractivity contribution in [3.8, 4) is 11.3 Å². The van der Waals surface area contributed by atoms with Gasteiger partial charge in [0.2, 0.25) is 0 Å². The van der Waals surface area contributed by atoms with Gasteiger partial charge >= 0.3 is 0 Å². The molecule has 2 aromatic carbocycles. The molecule has 0 bridgehead atoms. The number of fused-ring (bicyclic) bond motifs is 1. The van der Waals surface area contributed by atoms with Gasteiger partial charge in [0.1, 0.15) is 5.50 Å². The highest BCUT2D eigenvalue weighted by molar-refractivity contribution is 8.00. The normalized spacial score (nSPS) is 18.2. The van der Waals surface area contributed by atoms with Crippen LogP contribution in [0.25, 0.3) is 22.2 Å². The zero-order valence-electron chi connectivity index (χ0n) is 11.6. The number of benzene rings is 2. The smallest absolute Gasteiger partial charge is 0.125 e. The Morgan fingerprint density at radius 1 is 1.00 bits per heavy atom. The van der Waals surface area contributed by atoms with Crippen molar-refractivity contribution in [2.45, 2.75) is 5.50 Å². The van der Waals surface area contributed by atoms with Crippen molar-refractivity contribution in [3.05, 3.63) is 54.6 Å². The maximum Gasteiger partial charge on any atom is 0.125 e. The Balaban J connectivity index is 1.84. The van der Waals surface area contributed by atoms with Crippen LogP contribution < -0.4 is 10.6 Å². The number of thioether (sulfide) groups is 1. The molecule has 1 aromatic heterocycles. The average Bonchev–Trinajstić information content (AvgIpc) is 3.17. The third-order valence-corrected chi connectivity index (χ3v) is 4.82. The van der Waals surface area contributed by atoms with E-state index in [-0.39, 0.29) is 5.50 Å². The molecule has 1 saturated heterocycles. The number of aromatic amines is 1. The Morgan fingerprint density at radius 3 is 2.62 bits per heavy atom. The minimum Gasteiger partial charge on any atom is -0.359 e. The molecule has 3 N–H and O–H groups in total. The Labute approximate surface area is 128 Å². The maximum absolute atomic E-state index is 3.65. The first kappa shape index (κ1) is 12.8. The molecule has 1 unspecified atom stereocenters. The van der Waals surface area contributed by atoms with E-state index in [2.05, 4.69) is 64.1 Å². The van der Waals surface area contributed by atoms with Gasteiger partial charge < -0.3 is 10.3 Å². The summed E-state index contributed by atoms with van der Waals surface area (Å²) in [5, 5.41) is 8.37. The van der Waals surface area contributed by atoms with Crippen molar-refractivity contribution in [2.75, 3.05) is 17.6 Å². The van der Waals surface area contributed by atoms with E-state index >= 15 is 0 Å². The maximum atomic E-state index is 3.65. The number of anilines is 1. The van der Waals surface area contributed by atoms with E-state index in [0.29, 0.717) is 0 Å². The first-order valence-electron chi connectivity index (χ1n) is 7.19. The molecular formula is C17H17N3S. The van der Waals surface area contributed by atoms with Crippen LogP contribution in [0.5, 0.6) is 0 Å². The molecule has 1 fully saturated rings. The van der Waals surface area contributed by atoms with Gasteiger partial charge in [0.15, 0.2) is 0 Å². The molecule has 0 saturated carbocycles. The molecule has 1 aliphatic rings. The van der Waals surface area contributed by atoms with Gasteiger partial charge in [0.05, 0.1) is 11.4 Å². The van der Waals surface area contributed by atoms with E-state index in [0.717, 1.165) is 18.0 Å². The van der Waals surface area contributed by atoms with Crippen LogP contribution in [-0.2, 0) is 0 Å². The van der Waals surface area contributed by atoms with Crippen molar-refractivity contribution in [1.82, 2.24) is 10.3 Å². The van der Waals surface area contributed by atoms with E-state index in [1.165, 1.54) is 22.2 Å². The number of hydrogen-bond acceptors (Lipinski definition) is 3. The van der Waals surface area contributed by atoms with Crippen molar-refractivity contribution < 1.29 is 0 Å². The van der Waals surface area contributed by atoms with Crippen molar-refractivity contribution in [1.29, 1.82) is 0 Å². The van der Waals surface area contributed by atoms with Gasteiger partial charge in [0, 0.05) is 28.8 Å². The van der Waals surface area contributed by atoms with Crippen LogP contribution in [-0.4, -0.2) is 22.8 Å². The number of hydrogen-bond donors (Lipinski definition) is 3. The lowest BCUT2D eigenvalue weighted by Gasteiger charge is -2.14. The lowest BCUT2D eigenvalue weighted by molar-refractivity contribution is 0.772. The second-order valence-electron chi connectivity index (χ2n) is 5.14. The van der Waals surface area contributed by atoms with Crippen molar-refractivity contribution >= 4 is 28.4 Å². The number of rotatable bonds is 3. The predicted octanol–water partition coefficient (Wildman–Crippen LogP) is 3.87. The molecule has 0 amide bonds. The first-order chi connectivity index (χ1) is 10.4. The van der Waals surface area contributed by atoms with E-state index in [1.54, 1.807) is 0 Å². The Hall–Kier alpha value is -1.91. The number of para-hydroxylation sites is 1. The third-order valence-electron chi connectivity index (χ3n) is 3.76. The van der Waals surface area contributed by atoms with Gasteiger partial charge in [-0.25, -0.2) is 0 Å². The summed E-state index contributed by atoms with van der Waals surface area (Å²) >= 11 is 1.92. The number of aromatic nitrogens is 1. The standard InChI is InChI=1S/C17H17N3S/c1-2-6-12(7-3-1)15-16(20-17-18-10-11-21-17)13-8-4-5-9-14(13)19-15/h1-9,17-20H,10-11H2. The van der Waals surface area contributed by atoms with Crippen molar-refractivity contribution in [2.24, 2.45) is 0 Å². The Morgan fingerprint density at radius 2 is 1.81 bits per heavy atom. The van der Waals surface area contributed by atoms with Gasteiger partial charge in [-0.3, -0.25) is 5.32 Å². The van der Waals surface area contributed by atoms with Crippen LogP contribution in [0.3, 0.4) is 0 Å². The second kappa shape index (κ2) is 5.47. The van der Waals surface area contributed by atoms with E-state index < -0.39 is 0 Å². The van der Waals surface area contributed by atoms with Crippen LogP contribution in [0.2, 0.25) is 0 Å².